The van der Waals surface area contributed by atoms with E-state index in [0.717, 1.165) is 13.0 Å². The van der Waals surface area contributed by atoms with Gasteiger partial charge in [-0.2, -0.15) is 0 Å². The van der Waals surface area contributed by atoms with Crippen LogP contribution in [-0.4, -0.2) is 55.3 Å². The van der Waals surface area contributed by atoms with Crippen LogP contribution in [0.3, 0.4) is 0 Å². The molecule has 0 saturated carbocycles. The summed E-state index contributed by atoms with van der Waals surface area (Å²) in [6, 6.07) is 15.5. The van der Waals surface area contributed by atoms with Gasteiger partial charge in [0.15, 0.2) is 0 Å². The Kier molecular flexibility index (Phi) is 6.36. The molecule has 3 atom stereocenters. The topological polar surface area (TPSA) is 16.2 Å². The molecule has 36 heavy (non-hydrogen) atoms. The Morgan fingerprint density at radius 2 is 1.53 bits per heavy atom. The summed E-state index contributed by atoms with van der Waals surface area (Å²) < 4.78 is 0. The Balaban J connectivity index is 1.58. The number of benzene rings is 2. The fourth-order valence-electron chi connectivity index (χ4n) is 5.87. The summed E-state index contributed by atoms with van der Waals surface area (Å²) in [7, 11) is 6.51. The smallest absolute Gasteiger partial charge is 0.109 e. The van der Waals surface area contributed by atoms with Crippen LogP contribution in [0.15, 0.2) is 66.8 Å². The van der Waals surface area contributed by atoms with Crippen LogP contribution in [0.25, 0.3) is 0 Å². The number of hydrogen-bond acceptors (Lipinski definition) is 5. The second-order valence-electron chi connectivity index (χ2n) is 10.7. The van der Waals surface area contributed by atoms with Crippen molar-refractivity contribution < 1.29 is 0 Å². The van der Waals surface area contributed by atoms with Crippen molar-refractivity contribution in [2.24, 2.45) is 0 Å². The van der Waals surface area contributed by atoms with E-state index in [0.29, 0.717) is 5.92 Å². The van der Waals surface area contributed by atoms with Gasteiger partial charge < -0.3 is 4.90 Å². The number of hydrogen-bond donors (Lipinski definition) is 0. The van der Waals surface area contributed by atoms with E-state index in [1.807, 2.05) is 0 Å². The third-order valence-corrected chi connectivity index (χ3v) is 8.15. The molecule has 0 saturated heterocycles. The normalized spacial score (nSPS) is 25.7. The van der Waals surface area contributed by atoms with E-state index in [4.69, 9.17) is 0 Å². The highest BCUT2D eigenvalue weighted by atomic mass is 15.9. The van der Waals surface area contributed by atoms with Crippen LogP contribution < -0.4 is 14.9 Å². The number of allylic oxidation sites excluding steroid dienone is 2. The summed E-state index contributed by atoms with van der Waals surface area (Å²) in [5.74, 6) is 7.42. The number of fused-ring (bicyclic) bond motifs is 5. The largest absolute Gasteiger partial charge is 0.357 e. The molecule has 0 N–H and O–H groups in total. The summed E-state index contributed by atoms with van der Waals surface area (Å²) in [6.07, 6.45) is 9.82. The summed E-state index contributed by atoms with van der Waals surface area (Å²) >= 11 is 0. The first kappa shape index (κ1) is 24.5. The maximum absolute atomic E-state index is 3.58. The lowest BCUT2D eigenvalue weighted by Crippen LogP contribution is -2.61. The Bertz CT molecular complexity index is 1250. The predicted molar refractivity (Wildman–Crippen MR) is 153 cm³/mol. The van der Waals surface area contributed by atoms with Gasteiger partial charge in [0.2, 0.25) is 0 Å². The molecule has 3 unspecified atom stereocenters. The molecule has 188 valence electrons. The van der Waals surface area contributed by atoms with Crippen LogP contribution in [0.4, 0.5) is 22.7 Å². The van der Waals surface area contributed by atoms with Gasteiger partial charge in [0.05, 0.1) is 28.6 Å². The summed E-state index contributed by atoms with van der Waals surface area (Å²) in [4.78, 5) is 4.68. The molecule has 2 aromatic carbocycles. The van der Waals surface area contributed by atoms with E-state index in [9.17, 15) is 0 Å². The molecule has 0 radical (unpaired) electrons. The highest BCUT2D eigenvalue weighted by molar-refractivity contribution is 5.85. The van der Waals surface area contributed by atoms with Crippen molar-refractivity contribution in [3.63, 3.8) is 0 Å². The molecule has 0 aromatic heterocycles. The number of likely N-dealkylation sites (N-methyl/N-ethyl adjacent to an activating group) is 2. The second-order valence-corrected chi connectivity index (χ2v) is 10.7. The lowest BCUT2D eigenvalue weighted by molar-refractivity contribution is 0.0894. The van der Waals surface area contributed by atoms with Gasteiger partial charge in [0.25, 0.3) is 0 Å². The van der Waals surface area contributed by atoms with Gasteiger partial charge in [-0.05, 0) is 58.1 Å². The number of rotatable bonds is 5. The van der Waals surface area contributed by atoms with Crippen LogP contribution >= 0.6 is 0 Å². The maximum atomic E-state index is 3.58. The molecule has 5 nitrogen and oxygen atoms in total. The van der Waals surface area contributed by atoms with E-state index < -0.39 is 0 Å². The molecule has 0 amide bonds. The molecule has 2 aromatic rings. The Labute approximate surface area is 217 Å². The van der Waals surface area contributed by atoms with Crippen molar-refractivity contribution >= 4 is 22.7 Å². The third kappa shape index (κ3) is 3.80. The first-order valence-electron chi connectivity index (χ1n) is 13.1. The Hall–Kier alpha value is -3.20. The molecule has 5 rings (SSSR count). The summed E-state index contributed by atoms with van der Waals surface area (Å²) in [6.45, 7) is 10.3. The fourth-order valence-corrected chi connectivity index (χ4v) is 5.87. The third-order valence-electron chi connectivity index (χ3n) is 8.15. The van der Waals surface area contributed by atoms with Gasteiger partial charge in [-0.25, -0.2) is 0 Å². The van der Waals surface area contributed by atoms with Gasteiger partial charge >= 0.3 is 0 Å². The highest BCUT2D eigenvalue weighted by Crippen LogP contribution is 2.56. The number of anilines is 4. The van der Waals surface area contributed by atoms with E-state index in [2.05, 4.69) is 152 Å². The first-order chi connectivity index (χ1) is 17.3. The summed E-state index contributed by atoms with van der Waals surface area (Å²) in [5, 5.41) is 7.12. The van der Waals surface area contributed by atoms with Crippen LogP contribution in [-0.2, 0) is 0 Å². The maximum Gasteiger partial charge on any atom is 0.109 e. The second kappa shape index (κ2) is 9.35. The quantitative estimate of drug-likeness (QED) is 0.489. The van der Waals surface area contributed by atoms with Crippen LogP contribution in [0.2, 0.25) is 0 Å². The van der Waals surface area contributed by atoms with E-state index in [1.165, 1.54) is 28.3 Å². The molecular weight excluding hydrogens is 442 g/mol. The van der Waals surface area contributed by atoms with Gasteiger partial charge in [-0.3, -0.25) is 14.9 Å². The zero-order valence-corrected chi connectivity index (χ0v) is 22.7. The zero-order valence-electron chi connectivity index (χ0n) is 22.7. The van der Waals surface area contributed by atoms with Crippen molar-refractivity contribution in [2.45, 2.75) is 57.7 Å². The molecule has 1 aliphatic carbocycles. The van der Waals surface area contributed by atoms with Crippen LogP contribution in [0.1, 0.15) is 45.6 Å². The van der Waals surface area contributed by atoms with Crippen molar-refractivity contribution in [3.8, 4) is 11.8 Å². The average molecular weight is 482 g/mol. The number of nitrogens with zero attached hydrogens (tertiary/aromatic N) is 5. The van der Waals surface area contributed by atoms with Crippen LogP contribution in [0.5, 0.6) is 0 Å². The van der Waals surface area contributed by atoms with Gasteiger partial charge in [-0.1, -0.05) is 68.2 Å². The molecule has 0 bridgehead atoms. The molecule has 0 fully saturated rings. The first-order valence-corrected chi connectivity index (χ1v) is 13.1. The minimum absolute atomic E-state index is 0.000793. The van der Waals surface area contributed by atoms with E-state index in [1.54, 1.807) is 0 Å². The number of para-hydroxylation sites is 2. The molecule has 2 aliphatic heterocycles. The fraction of sp³-hybridized carbons (Fsp3) is 0.419. The van der Waals surface area contributed by atoms with Gasteiger partial charge in [0, 0.05) is 31.3 Å². The predicted octanol–water partition coefficient (Wildman–Crippen LogP) is 5.95. The molecule has 0 spiro atoms. The SMILES string of the molecule is CCCN(C)C1C#CC(N(C)c2cccc3c2C(C)C(C)(C)N2N(C)c4ccccc4N32)/C=C\C=C/1. The Morgan fingerprint density at radius 3 is 2.25 bits per heavy atom. The lowest BCUT2D eigenvalue weighted by Gasteiger charge is -2.53. The Morgan fingerprint density at radius 1 is 0.889 bits per heavy atom. The minimum atomic E-state index is -0.128. The van der Waals surface area contributed by atoms with Gasteiger partial charge in [-0.15, -0.1) is 5.12 Å². The van der Waals surface area contributed by atoms with Gasteiger partial charge in [0.1, 0.15) is 6.04 Å². The van der Waals surface area contributed by atoms with E-state index in [-0.39, 0.29) is 17.6 Å². The monoisotopic (exact) mass is 481 g/mol. The van der Waals surface area contributed by atoms with Crippen molar-refractivity contribution in [1.82, 2.24) is 10.0 Å². The summed E-state index contributed by atoms with van der Waals surface area (Å²) in [5.41, 5.74) is 6.18. The van der Waals surface area contributed by atoms with Crippen molar-refractivity contribution in [3.05, 3.63) is 72.3 Å². The van der Waals surface area contributed by atoms with Crippen LogP contribution in [0, 0.1) is 11.8 Å². The highest BCUT2D eigenvalue weighted by Gasteiger charge is 2.51. The number of hydrazine groups is 2. The van der Waals surface area contributed by atoms with Crippen molar-refractivity contribution in [2.75, 3.05) is 42.6 Å². The minimum Gasteiger partial charge on any atom is -0.357 e. The zero-order chi connectivity index (χ0) is 25.6. The molecule has 2 heterocycles. The standard InChI is InChI=1S/C31H39N5/c1-8-22-32(5)24-14-9-10-15-25(21-20-24)33(6)28-18-13-19-29-30(28)23(2)31(3,4)36-34(7)26-16-11-12-17-27(26)35(29)36/h9-19,23-25H,8,22H2,1-7H3/b14-9-,15-10-. The van der Waals surface area contributed by atoms with Crippen molar-refractivity contribution in [1.29, 1.82) is 0 Å². The van der Waals surface area contributed by atoms with E-state index >= 15 is 0 Å². The molecular formula is C31H39N5. The average Bonchev–Trinajstić information content (AvgIpc) is 3.15. The molecule has 3 aliphatic rings. The molecule has 5 heteroatoms. The lowest BCUT2D eigenvalue weighted by atomic mass is 9.79.